The van der Waals surface area contributed by atoms with Crippen molar-refractivity contribution in [1.29, 1.82) is 0 Å². The topological polar surface area (TPSA) is 91.0 Å². The van der Waals surface area contributed by atoms with E-state index in [-0.39, 0.29) is 6.42 Å². The van der Waals surface area contributed by atoms with Crippen LogP contribution in [0.1, 0.15) is 13.3 Å². The van der Waals surface area contributed by atoms with Gasteiger partial charge in [-0.05, 0) is 6.42 Å². The summed E-state index contributed by atoms with van der Waals surface area (Å²) in [6.45, 7) is 1.63. The zero-order valence-electron chi connectivity index (χ0n) is 5.81. The van der Waals surface area contributed by atoms with E-state index in [4.69, 9.17) is 5.73 Å². The fraction of sp³-hybridized carbons (Fsp3) is 1.00. The largest absolute Gasteiger partial charge is 0.488 e. The van der Waals surface area contributed by atoms with E-state index in [2.05, 4.69) is 13.6 Å². The van der Waals surface area contributed by atoms with Gasteiger partial charge in [0.25, 0.3) is 0 Å². The number of rotatable bonds is 2. The van der Waals surface area contributed by atoms with E-state index in [0.29, 0.717) is 0 Å². The Kier molecular flexibility index (Phi) is 1.17. The first-order valence-electron chi connectivity index (χ1n) is 3.17. The van der Waals surface area contributed by atoms with Gasteiger partial charge in [-0.3, -0.25) is 5.73 Å². The standard InChI is InChI=1S/C4H8NO5P/c1-2-3(5,6)4-8-11(7,9-4)10-4/h6H,2,5H2,1H3. The molecule has 1 unspecified atom stereocenters. The molecule has 3 N–H and O–H groups in total. The highest BCUT2D eigenvalue weighted by atomic mass is 31.2. The highest BCUT2D eigenvalue weighted by Crippen LogP contribution is 2.81. The van der Waals surface area contributed by atoms with E-state index in [9.17, 15) is 9.67 Å². The molecule has 11 heavy (non-hydrogen) atoms. The van der Waals surface area contributed by atoms with Crippen LogP contribution in [-0.2, 0) is 18.1 Å². The lowest BCUT2D eigenvalue weighted by atomic mass is 10.1. The molecule has 0 radical (unpaired) electrons. The molecule has 0 aliphatic carbocycles. The van der Waals surface area contributed by atoms with Crippen LogP contribution >= 0.6 is 7.82 Å². The lowest BCUT2D eigenvalue weighted by Gasteiger charge is -2.59. The van der Waals surface area contributed by atoms with Crippen molar-refractivity contribution in [2.75, 3.05) is 0 Å². The van der Waals surface area contributed by atoms with Gasteiger partial charge in [0.15, 0.2) is 5.72 Å². The summed E-state index contributed by atoms with van der Waals surface area (Å²) in [4.78, 5) is 0. The van der Waals surface area contributed by atoms with Crippen LogP contribution in [0, 0.1) is 0 Å². The van der Waals surface area contributed by atoms with Crippen LogP contribution in [-0.4, -0.2) is 16.8 Å². The van der Waals surface area contributed by atoms with Crippen LogP contribution in [0.4, 0.5) is 0 Å². The zero-order chi connectivity index (χ0) is 8.33. The quantitative estimate of drug-likeness (QED) is 0.456. The number of phosphoric ester groups is 1. The maximum absolute atomic E-state index is 10.7. The molecule has 0 aromatic carbocycles. The van der Waals surface area contributed by atoms with E-state index < -0.39 is 19.5 Å². The van der Waals surface area contributed by atoms with Crippen molar-refractivity contribution in [1.82, 2.24) is 0 Å². The molecule has 3 rings (SSSR count). The third-order valence-electron chi connectivity index (χ3n) is 1.77. The molecule has 64 valence electrons. The summed E-state index contributed by atoms with van der Waals surface area (Å²) in [5, 5.41) is 9.34. The molecule has 2 bridgehead atoms. The molecular weight excluding hydrogens is 173 g/mol. The van der Waals surface area contributed by atoms with Gasteiger partial charge < -0.3 is 5.11 Å². The lowest BCUT2D eigenvalue weighted by Crippen LogP contribution is -2.74. The molecule has 7 heteroatoms. The molecule has 1 atom stereocenters. The van der Waals surface area contributed by atoms with Crippen LogP contribution in [0.5, 0.6) is 0 Å². The minimum atomic E-state index is -3.24. The summed E-state index contributed by atoms with van der Waals surface area (Å²) in [5.74, 6) is -1.66. The summed E-state index contributed by atoms with van der Waals surface area (Å²) in [6.07, 6.45) is 0.188. The Bertz CT molecular complexity index is 224. The van der Waals surface area contributed by atoms with Gasteiger partial charge in [-0.1, -0.05) is 6.92 Å². The number of hydrogen-bond donors (Lipinski definition) is 2. The Morgan fingerprint density at radius 2 is 2.09 bits per heavy atom. The van der Waals surface area contributed by atoms with E-state index in [1.54, 1.807) is 6.92 Å². The Hall–Kier alpha value is 0.0300. The van der Waals surface area contributed by atoms with Crippen LogP contribution in [0.3, 0.4) is 0 Å². The predicted octanol–water partition coefficient (Wildman–Crippen LogP) is -0.117. The molecular formula is C4H8NO5P. The van der Waals surface area contributed by atoms with Crippen LogP contribution in [0.15, 0.2) is 0 Å². The SMILES string of the molecule is CCC(N)(O)C12OP(=O)(O1)O2. The second-order valence-corrected chi connectivity index (χ2v) is 4.00. The third-order valence-corrected chi connectivity index (χ3v) is 3.16. The van der Waals surface area contributed by atoms with Gasteiger partial charge in [0, 0.05) is 0 Å². The summed E-state index contributed by atoms with van der Waals surface area (Å²) >= 11 is 0. The van der Waals surface area contributed by atoms with Gasteiger partial charge in [0.2, 0.25) is 0 Å². The molecule has 3 heterocycles. The number of aliphatic hydroxyl groups is 1. The van der Waals surface area contributed by atoms with Gasteiger partial charge >= 0.3 is 13.8 Å². The van der Waals surface area contributed by atoms with Crippen LogP contribution in [0.2, 0.25) is 0 Å². The molecule has 3 saturated heterocycles. The van der Waals surface area contributed by atoms with Gasteiger partial charge in [0.1, 0.15) is 0 Å². The van der Waals surface area contributed by atoms with Gasteiger partial charge in [-0.25, -0.2) is 18.1 Å². The van der Waals surface area contributed by atoms with Crippen molar-refractivity contribution < 1.29 is 23.2 Å². The van der Waals surface area contributed by atoms with E-state index in [1.807, 2.05) is 0 Å². The molecule has 0 aromatic rings. The fourth-order valence-corrected chi connectivity index (χ4v) is 2.31. The zero-order valence-corrected chi connectivity index (χ0v) is 6.71. The molecule has 6 nitrogen and oxygen atoms in total. The van der Waals surface area contributed by atoms with Crippen molar-refractivity contribution in [3.8, 4) is 0 Å². The molecule has 3 aliphatic heterocycles. The molecule has 3 fully saturated rings. The monoisotopic (exact) mass is 181 g/mol. The first kappa shape index (κ1) is 7.67. The molecule has 0 saturated carbocycles. The summed E-state index contributed by atoms with van der Waals surface area (Å²) in [5.41, 5.74) is 3.59. The minimum absolute atomic E-state index is 0.188. The molecule has 0 spiro atoms. The van der Waals surface area contributed by atoms with Crippen molar-refractivity contribution in [3.63, 3.8) is 0 Å². The number of hydrogen-bond acceptors (Lipinski definition) is 6. The van der Waals surface area contributed by atoms with Crippen molar-refractivity contribution in [2.24, 2.45) is 5.73 Å². The van der Waals surface area contributed by atoms with Crippen LogP contribution in [0.25, 0.3) is 0 Å². The van der Waals surface area contributed by atoms with Gasteiger partial charge in [0.05, 0.1) is 0 Å². The summed E-state index contributed by atoms with van der Waals surface area (Å²) in [7, 11) is -3.24. The average Bonchev–Trinajstić information content (AvgIpc) is 1.79. The maximum atomic E-state index is 10.7. The maximum Gasteiger partial charge on any atom is 0.488 e. The highest BCUT2D eigenvalue weighted by Gasteiger charge is 2.82. The number of phosphoric acid groups is 1. The highest BCUT2D eigenvalue weighted by molar-refractivity contribution is 7.51. The third kappa shape index (κ3) is 0.717. The molecule has 0 aromatic heterocycles. The Labute approximate surface area is 62.8 Å². The van der Waals surface area contributed by atoms with E-state index >= 15 is 0 Å². The van der Waals surface area contributed by atoms with Crippen LogP contribution < -0.4 is 5.73 Å². The first-order chi connectivity index (χ1) is 4.93. The number of nitrogens with two attached hydrogens (primary N) is 1. The minimum Gasteiger partial charge on any atom is -0.369 e. The molecule has 0 amide bonds. The molecule has 3 aliphatic rings. The first-order valence-corrected chi connectivity index (χ1v) is 4.63. The van der Waals surface area contributed by atoms with Gasteiger partial charge in [-0.15, -0.1) is 0 Å². The Balaban J connectivity index is 2.15. The second-order valence-electron chi connectivity index (χ2n) is 2.56. The van der Waals surface area contributed by atoms with Gasteiger partial charge in [-0.2, -0.15) is 0 Å². The van der Waals surface area contributed by atoms with Crippen molar-refractivity contribution >= 4 is 7.82 Å². The van der Waals surface area contributed by atoms with E-state index in [0.717, 1.165) is 0 Å². The Morgan fingerprint density at radius 3 is 2.36 bits per heavy atom. The smallest absolute Gasteiger partial charge is 0.369 e. The Morgan fingerprint density at radius 1 is 1.64 bits per heavy atom. The lowest BCUT2D eigenvalue weighted by molar-refractivity contribution is -0.483. The van der Waals surface area contributed by atoms with E-state index in [1.165, 1.54) is 0 Å². The predicted molar refractivity (Wildman–Crippen MR) is 33.0 cm³/mol. The second kappa shape index (κ2) is 1.69. The van der Waals surface area contributed by atoms with Crippen molar-refractivity contribution in [2.45, 2.75) is 25.0 Å². The fourth-order valence-electron chi connectivity index (χ4n) is 0.916. The normalized spacial score (nSPS) is 52.3. The average molecular weight is 181 g/mol. The summed E-state index contributed by atoms with van der Waals surface area (Å²) in [6, 6.07) is 0. The summed E-state index contributed by atoms with van der Waals surface area (Å²) < 4.78 is 24.5. The van der Waals surface area contributed by atoms with Crippen molar-refractivity contribution in [3.05, 3.63) is 0 Å².